The van der Waals surface area contributed by atoms with Crippen LogP contribution in [0, 0.1) is 6.92 Å². The molecule has 1 aliphatic rings. The second-order valence-corrected chi connectivity index (χ2v) is 4.31. The summed E-state index contributed by atoms with van der Waals surface area (Å²) in [5, 5.41) is 3.27. The van der Waals surface area contributed by atoms with Gasteiger partial charge in [-0.3, -0.25) is 0 Å². The lowest BCUT2D eigenvalue weighted by atomic mass is 9.93. The molecule has 0 spiro atoms. The Morgan fingerprint density at radius 2 is 2.13 bits per heavy atom. The molecule has 1 aromatic carbocycles. The minimum Gasteiger partial charge on any atom is -0.311 e. The molecule has 1 N–H and O–H groups in total. The molecule has 1 aliphatic heterocycles. The topological polar surface area (TPSA) is 12.0 Å². The van der Waals surface area contributed by atoms with Gasteiger partial charge in [-0.15, -0.1) is 0 Å². The fourth-order valence-electron chi connectivity index (χ4n) is 2.24. The molecule has 1 nitrogen and oxygen atoms in total. The predicted octanol–water partition coefficient (Wildman–Crippen LogP) is 3.15. The summed E-state index contributed by atoms with van der Waals surface area (Å²) in [6, 6.07) is 7.76. The first kappa shape index (κ1) is 10.6. The van der Waals surface area contributed by atoms with Gasteiger partial charge in [0.25, 0.3) is 0 Å². The number of nitrogens with one attached hydrogen (secondary N) is 1. The lowest BCUT2D eigenvalue weighted by molar-refractivity contribution is 0.220. The van der Waals surface area contributed by atoms with Crippen LogP contribution in [0.25, 0.3) is 0 Å². The van der Waals surface area contributed by atoms with Crippen LogP contribution in [0.2, 0.25) is 0 Å². The molecule has 2 unspecified atom stereocenters. The van der Waals surface area contributed by atoms with Crippen LogP contribution in [0.4, 0.5) is 4.39 Å². The van der Waals surface area contributed by atoms with Crippen molar-refractivity contribution < 1.29 is 4.39 Å². The molecule has 0 radical (unpaired) electrons. The number of hydrogen-bond acceptors (Lipinski definition) is 1. The van der Waals surface area contributed by atoms with Crippen LogP contribution in [-0.2, 0) is 0 Å². The maximum Gasteiger partial charge on any atom is 0.141 e. The molecule has 0 aliphatic carbocycles. The Morgan fingerprint density at radius 1 is 1.33 bits per heavy atom. The molecule has 2 rings (SSSR count). The van der Waals surface area contributed by atoms with Gasteiger partial charge in [-0.2, -0.15) is 0 Å². The first-order valence-corrected chi connectivity index (χ1v) is 5.72. The third-order valence-electron chi connectivity index (χ3n) is 3.19. The van der Waals surface area contributed by atoms with E-state index in [1.165, 1.54) is 6.42 Å². The lowest BCUT2D eigenvalue weighted by Gasteiger charge is -2.27. The monoisotopic (exact) mass is 207 g/mol. The smallest absolute Gasteiger partial charge is 0.141 e. The number of piperidine rings is 1. The quantitative estimate of drug-likeness (QED) is 0.785. The number of aryl methyl sites for hydroxylation is 1. The summed E-state index contributed by atoms with van der Waals surface area (Å²) in [7, 11) is 0. The van der Waals surface area contributed by atoms with Gasteiger partial charge < -0.3 is 5.32 Å². The molecule has 2 heteroatoms. The van der Waals surface area contributed by atoms with E-state index in [1.54, 1.807) is 0 Å². The Kier molecular flexibility index (Phi) is 3.37. The molecule has 1 fully saturated rings. The van der Waals surface area contributed by atoms with E-state index in [1.807, 2.05) is 31.2 Å². The molecule has 0 saturated carbocycles. The van der Waals surface area contributed by atoms with Crippen LogP contribution in [0.15, 0.2) is 24.3 Å². The van der Waals surface area contributed by atoms with E-state index in [2.05, 4.69) is 5.32 Å². The summed E-state index contributed by atoms with van der Waals surface area (Å²) in [5.74, 6) is 0. The minimum absolute atomic E-state index is 0.0137. The SMILES string of the molecule is Cc1ccccc1C(F)C1CCCCN1. The molecule has 1 aromatic rings. The summed E-state index contributed by atoms with van der Waals surface area (Å²) in [6.07, 6.45) is 2.42. The maximum atomic E-state index is 14.2. The molecular weight excluding hydrogens is 189 g/mol. The largest absolute Gasteiger partial charge is 0.311 e. The van der Waals surface area contributed by atoms with E-state index in [4.69, 9.17) is 0 Å². The highest BCUT2D eigenvalue weighted by molar-refractivity contribution is 5.28. The van der Waals surface area contributed by atoms with Crippen molar-refractivity contribution in [1.29, 1.82) is 0 Å². The average molecular weight is 207 g/mol. The molecule has 2 atom stereocenters. The Labute approximate surface area is 90.7 Å². The van der Waals surface area contributed by atoms with Crippen molar-refractivity contribution >= 4 is 0 Å². The normalized spacial score (nSPS) is 23.7. The van der Waals surface area contributed by atoms with Gasteiger partial charge in [0.2, 0.25) is 0 Å². The van der Waals surface area contributed by atoms with Crippen molar-refractivity contribution in [3.05, 3.63) is 35.4 Å². The van der Waals surface area contributed by atoms with E-state index in [0.717, 1.165) is 30.5 Å². The molecular formula is C13H18FN. The van der Waals surface area contributed by atoms with Crippen LogP contribution in [0.1, 0.15) is 36.6 Å². The van der Waals surface area contributed by atoms with Gasteiger partial charge in [-0.25, -0.2) is 4.39 Å². The van der Waals surface area contributed by atoms with Gasteiger partial charge in [0.1, 0.15) is 6.17 Å². The summed E-state index contributed by atoms with van der Waals surface area (Å²) in [5.41, 5.74) is 1.90. The number of halogens is 1. The van der Waals surface area contributed by atoms with Crippen LogP contribution in [0.3, 0.4) is 0 Å². The van der Waals surface area contributed by atoms with E-state index in [9.17, 15) is 4.39 Å². The zero-order chi connectivity index (χ0) is 10.7. The zero-order valence-corrected chi connectivity index (χ0v) is 9.17. The summed E-state index contributed by atoms with van der Waals surface area (Å²) < 4.78 is 14.2. The van der Waals surface area contributed by atoms with E-state index in [0.29, 0.717) is 0 Å². The molecule has 1 saturated heterocycles. The first-order valence-electron chi connectivity index (χ1n) is 5.72. The van der Waals surface area contributed by atoms with Crippen LogP contribution >= 0.6 is 0 Å². The molecule has 15 heavy (non-hydrogen) atoms. The second-order valence-electron chi connectivity index (χ2n) is 4.31. The summed E-state index contributed by atoms with van der Waals surface area (Å²) >= 11 is 0. The van der Waals surface area contributed by atoms with Crippen molar-refractivity contribution in [3.8, 4) is 0 Å². The van der Waals surface area contributed by atoms with Gasteiger partial charge in [0, 0.05) is 6.04 Å². The van der Waals surface area contributed by atoms with Crippen molar-refractivity contribution in [2.24, 2.45) is 0 Å². The van der Waals surface area contributed by atoms with Crippen molar-refractivity contribution in [2.75, 3.05) is 6.54 Å². The van der Waals surface area contributed by atoms with Crippen LogP contribution in [-0.4, -0.2) is 12.6 Å². The van der Waals surface area contributed by atoms with Crippen molar-refractivity contribution in [1.82, 2.24) is 5.32 Å². The number of hydrogen-bond donors (Lipinski definition) is 1. The highest BCUT2D eigenvalue weighted by Crippen LogP contribution is 2.28. The van der Waals surface area contributed by atoms with Crippen molar-refractivity contribution in [3.63, 3.8) is 0 Å². The van der Waals surface area contributed by atoms with Crippen LogP contribution < -0.4 is 5.32 Å². The van der Waals surface area contributed by atoms with Gasteiger partial charge in [-0.1, -0.05) is 30.7 Å². The predicted molar refractivity (Wildman–Crippen MR) is 60.7 cm³/mol. The third kappa shape index (κ3) is 2.37. The first-order chi connectivity index (χ1) is 7.29. The van der Waals surface area contributed by atoms with Gasteiger partial charge in [0.05, 0.1) is 0 Å². The minimum atomic E-state index is -0.855. The Balaban J connectivity index is 2.12. The van der Waals surface area contributed by atoms with Gasteiger partial charge in [0.15, 0.2) is 0 Å². The molecule has 0 amide bonds. The standard InChI is InChI=1S/C13H18FN/c1-10-6-2-3-7-11(10)13(14)12-8-4-5-9-15-12/h2-3,6-7,12-13,15H,4-5,8-9H2,1H3. The fraction of sp³-hybridized carbons (Fsp3) is 0.538. The second kappa shape index (κ2) is 4.75. The fourth-order valence-corrected chi connectivity index (χ4v) is 2.24. The Bertz CT molecular complexity index is 318. The summed E-state index contributed by atoms with van der Waals surface area (Å²) in [6.45, 7) is 2.93. The number of alkyl halides is 1. The number of benzene rings is 1. The Morgan fingerprint density at radius 3 is 2.80 bits per heavy atom. The third-order valence-corrected chi connectivity index (χ3v) is 3.19. The van der Waals surface area contributed by atoms with Crippen LogP contribution in [0.5, 0.6) is 0 Å². The Hall–Kier alpha value is -0.890. The zero-order valence-electron chi connectivity index (χ0n) is 9.17. The summed E-state index contributed by atoms with van der Waals surface area (Å²) in [4.78, 5) is 0. The van der Waals surface area contributed by atoms with E-state index < -0.39 is 6.17 Å². The van der Waals surface area contributed by atoms with E-state index >= 15 is 0 Å². The van der Waals surface area contributed by atoms with Gasteiger partial charge in [-0.05, 0) is 37.4 Å². The highest BCUT2D eigenvalue weighted by atomic mass is 19.1. The van der Waals surface area contributed by atoms with Crippen molar-refractivity contribution in [2.45, 2.75) is 38.4 Å². The van der Waals surface area contributed by atoms with E-state index in [-0.39, 0.29) is 6.04 Å². The molecule has 0 aromatic heterocycles. The highest BCUT2D eigenvalue weighted by Gasteiger charge is 2.24. The van der Waals surface area contributed by atoms with Gasteiger partial charge >= 0.3 is 0 Å². The number of rotatable bonds is 2. The molecule has 0 bridgehead atoms. The lowest BCUT2D eigenvalue weighted by Crippen LogP contribution is -2.37. The molecule has 82 valence electrons. The maximum absolute atomic E-state index is 14.2. The molecule has 1 heterocycles. The average Bonchev–Trinajstić information content (AvgIpc) is 2.30.